The Kier molecular flexibility index (Phi) is 10.6. The largest absolute Gasteiger partial charge is 0.469 e. The predicted octanol–water partition coefficient (Wildman–Crippen LogP) is 1.27. The first kappa shape index (κ1) is 31.4. The van der Waals surface area contributed by atoms with Crippen LogP contribution in [0.3, 0.4) is 0 Å². The molecule has 0 saturated carbocycles. The van der Waals surface area contributed by atoms with Gasteiger partial charge in [-0.1, -0.05) is 48.4 Å². The molecule has 2 amide bonds. The number of hydrogen-bond donors (Lipinski definition) is 2. The number of nitrogens with one attached hydrogen (secondary N) is 2. The quantitative estimate of drug-likeness (QED) is 0.295. The zero-order chi connectivity index (χ0) is 30.3. The maximum absolute atomic E-state index is 13.9. The fraction of sp³-hybridized carbons (Fsp3) is 0.500. The van der Waals surface area contributed by atoms with Gasteiger partial charge in [-0.3, -0.25) is 19.3 Å². The van der Waals surface area contributed by atoms with Crippen molar-refractivity contribution in [1.29, 1.82) is 0 Å². The molecular weight excluding hydrogens is 558 g/mol. The number of amides is 2. The number of ether oxygens (including phenoxy) is 1. The van der Waals surface area contributed by atoms with Gasteiger partial charge in [-0.2, -0.15) is 17.0 Å². The molecule has 12 heteroatoms. The summed E-state index contributed by atoms with van der Waals surface area (Å²) in [7, 11) is -2.81. The highest BCUT2D eigenvalue weighted by atomic mass is 32.2. The van der Waals surface area contributed by atoms with Gasteiger partial charge in [-0.05, 0) is 42.5 Å². The summed E-state index contributed by atoms with van der Waals surface area (Å²) in [5.41, 5.74) is 1.21. The van der Waals surface area contributed by atoms with Crippen molar-refractivity contribution in [1.82, 2.24) is 24.1 Å². The van der Waals surface area contributed by atoms with E-state index in [9.17, 15) is 22.8 Å². The summed E-state index contributed by atoms with van der Waals surface area (Å²) in [6.07, 6.45) is 6.55. The smallest absolute Gasteiger partial charge is 0.310 e. The van der Waals surface area contributed by atoms with Gasteiger partial charge in [0, 0.05) is 38.3 Å². The second-order valence-electron chi connectivity index (χ2n) is 10.7. The number of piperidine rings is 1. The summed E-state index contributed by atoms with van der Waals surface area (Å²) in [6, 6.07) is 14.2. The predicted molar refractivity (Wildman–Crippen MR) is 159 cm³/mol. The van der Waals surface area contributed by atoms with E-state index in [-0.39, 0.29) is 32.2 Å². The zero-order valence-electron chi connectivity index (χ0n) is 24.1. The SMILES string of the molecule is C#CCNC(=O)CNC(=O)CN(C1CCN([C@H](C)c2cccc3ccccc23)CC1)S(=O)(=O)N1CCC(C(=O)OC)C1. The average Bonchev–Trinajstić information content (AvgIpc) is 3.52. The Morgan fingerprint density at radius 1 is 1.05 bits per heavy atom. The second kappa shape index (κ2) is 14.1. The molecule has 0 aromatic heterocycles. The van der Waals surface area contributed by atoms with Crippen LogP contribution in [0, 0.1) is 18.3 Å². The van der Waals surface area contributed by atoms with Gasteiger partial charge in [0.2, 0.25) is 11.8 Å². The van der Waals surface area contributed by atoms with E-state index in [4.69, 9.17) is 11.2 Å². The lowest BCUT2D eigenvalue weighted by molar-refractivity contribution is -0.144. The van der Waals surface area contributed by atoms with Gasteiger partial charge in [0.25, 0.3) is 10.2 Å². The van der Waals surface area contributed by atoms with E-state index in [1.54, 1.807) is 0 Å². The molecule has 226 valence electrons. The molecule has 2 atom stereocenters. The van der Waals surface area contributed by atoms with E-state index < -0.39 is 46.5 Å². The van der Waals surface area contributed by atoms with Crippen LogP contribution in [0.5, 0.6) is 0 Å². The van der Waals surface area contributed by atoms with Crippen molar-refractivity contribution in [2.45, 2.75) is 38.3 Å². The maximum Gasteiger partial charge on any atom is 0.310 e. The van der Waals surface area contributed by atoms with Gasteiger partial charge in [0.1, 0.15) is 0 Å². The third kappa shape index (κ3) is 7.28. The number of carbonyl (C=O) groups is 3. The van der Waals surface area contributed by atoms with Gasteiger partial charge >= 0.3 is 5.97 Å². The van der Waals surface area contributed by atoms with Crippen molar-refractivity contribution in [3.05, 3.63) is 48.0 Å². The van der Waals surface area contributed by atoms with E-state index in [1.807, 2.05) is 12.1 Å². The number of rotatable bonds is 11. The average molecular weight is 598 g/mol. The lowest BCUT2D eigenvalue weighted by Gasteiger charge is -2.41. The number of benzene rings is 2. The molecule has 2 saturated heterocycles. The Bertz CT molecular complexity index is 1430. The first-order valence-corrected chi connectivity index (χ1v) is 15.6. The van der Waals surface area contributed by atoms with E-state index in [1.165, 1.54) is 32.1 Å². The molecule has 2 aliphatic rings. The van der Waals surface area contributed by atoms with Gasteiger partial charge in [-0.15, -0.1) is 6.42 Å². The maximum atomic E-state index is 13.9. The highest BCUT2D eigenvalue weighted by molar-refractivity contribution is 7.86. The summed E-state index contributed by atoms with van der Waals surface area (Å²) < 4.78 is 35.1. The summed E-state index contributed by atoms with van der Waals surface area (Å²) >= 11 is 0. The third-order valence-electron chi connectivity index (χ3n) is 8.17. The fourth-order valence-corrected chi connectivity index (χ4v) is 7.67. The van der Waals surface area contributed by atoms with E-state index in [0.717, 1.165) is 0 Å². The number of likely N-dealkylation sites (tertiary alicyclic amines) is 1. The minimum atomic E-state index is -4.09. The number of nitrogens with zero attached hydrogens (tertiary/aromatic N) is 3. The molecule has 2 aromatic rings. The number of esters is 1. The van der Waals surface area contributed by atoms with Crippen molar-refractivity contribution < 1.29 is 27.5 Å². The molecule has 1 unspecified atom stereocenters. The molecule has 4 rings (SSSR count). The van der Waals surface area contributed by atoms with Crippen LogP contribution in [0.15, 0.2) is 42.5 Å². The Hall–Kier alpha value is -3.50. The van der Waals surface area contributed by atoms with Gasteiger partial charge in [0.15, 0.2) is 0 Å². The van der Waals surface area contributed by atoms with Crippen LogP contribution in [0.4, 0.5) is 0 Å². The summed E-state index contributed by atoms with van der Waals surface area (Å²) in [6.45, 7) is 2.87. The molecule has 2 fully saturated rings. The van der Waals surface area contributed by atoms with E-state index in [0.29, 0.717) is 32.4 Å². The molecule has 2 aromatic carbocycles. The fourth-order valence-electron chi connectivity index (χ4n) is 5.81. The molecule has 0 spiro atoms. The number of hydrogen-bond acceptors (Lipinski definition) is 7. The normalized spacial score (nSPS) is 19.3. The Morgan fingerprint density at radius 2 is 1.76 bits per heavy atom. The number of fused-ring (bicyclic) bond motifs is 1. The summed E-state index contributed by atoms with van der Waals surface area (Å²) in [5, 5.41) is 7.32. The van der Waals surface area contributed by atoms with Crippen molar-refractivity contribution in [2.75, 3.05) is 52.9 Å². The van der Waals surface area contributed by atoms with Crippen molar-refractivity contribution in [3.63, 3.8) is 0 Å². The number of methoxy groups -OCH3 is 1. The van der Waals surface area contributed by atoms with Crippen LogP contribution in [0.25, 0.3) is 10.8 Å². The minimum Gasteiger partial charge on any atom is -0.469 e. The molecule has 2 aliphatic heterocycles. The van der Waals surface area contributed by atoms with Gasteiger partial charge < -0.3 is 15.4 Å². The lowest BCUT2D eigenvalue weighted by atomic mass is 9.96. The topological polar surface area (TPSA) is 128 Å². The lowest BCUT2D eigenvalue weighted by Crippen LogP contribution is -2.55. The first-order valence-electron chi connectivity index (χ1n) is 14.2. The summed E-state index contributed by atoms with van der Waals surface area (Å²) in [4.78, 5) is 39.2. The highest BCUT2D eigenvalue weighted by Gasteiger charge is 2.42. The van der Waals surface area contributed by atoms with Crippen LogP contribution >= 0.6 is 0 Å². The molecule has 0 aliphatic carbocycles. The van der Waals surface area contributed by atoms with Crippen LogP contribution in [0.2, 0.25) is 0 Å². The third-order valence-corrected chi connectivity index (χ3v) is 10.2. The monoisotopic (exact) mass is 597 g/mol. The number of carbonyl (C=O) groups excluding carboxylic acids is 3. The van der Waals surface area contributed by atoms with Crippen molar-refractivity contribution in [3.8, 4) is 12.3 Å². The zero-order valence-corrected chi connectivity index (χ0v) is 24.9. The molecule has 11 nitrogen and oxygen atoms in total. The molecule has 0 bridgehead atoms. The minimum absolute atomic E-state index is 0.00141. The molecule has 0 radical (unpaired) electrons. The Labute approximate surface area is 247 Å². The second-order valence-corrected chi connectivity index (χ2v) is 12.6. The highest BCUT2D eigenvalue weighted by Crippen LogP contribution is 2.32. The van der Waals surface area contributed by atoms with Crippen molar-refractivity contribution >= 4 is 38.8 Å². The standard InChI is InChI=1S/C30H39N5O6S/c1-4-15-31-28(36)19-32-29(37)21-35(42(39,40)34-18-12-24(20-34)30(38)41-3)25-13-16-33(17-14-25)22(2)26-11-7-9-23-8-5-6-10-27(23)26/h1,5-11,22,24-25H,12-21H2,2-3H3,(H,31,36)(H,32,37)/t22-,24?/m1/s1. The van der Waals surface area contributed by atoms with Crippen molar-refractivity contribution in [2.24, 2.45) is 5.92 Å². The van der Waals surface area contributed by atoms with Crippen LogP contribution < -0.4 is 10.6 Å². The Morgan fingerprint density at radius 3 is 2.48 bits per heavy atom. The molecule has 2 N–H and O–H groups in total. The van der Waals surface area contributed by atoms with Gasteiger partial charge in [0.05, 0.1) is 32.7 Å². The van der Waals surface area contributed by atoms with Crippen LogP contribution in [-0.4, -0.2) is 98.7 Å². The van der Waals surface area contributed by atoms with Crippen LogP contribution in [-0.2, 0) is 29.3 Å². The first-order chi connectivity index (χ1) is 20.1. The van der Waals surface area contributed by atoms with Gasteiger partial charge in [-0.25, -0.2) is 0 Å². The van der Waals surface area contributed by atoms with Crippen LogP contribution in [0.1, 0.15) is 37.8 Å². The van der Waals surface area contributed by atoms with E-state index >= 15 is 0 Å². The Balaban J connectivity index is 1.48. The van der Waals surface area contributed by atoms with E-state index in [2.05, 4.69) is 58.7 Å². The number of terminal acetylenes is 1. The summed E-state index contributed by atoms with van der Waals surface area (Å²) in [5.74, 6) is 0.220. The molecule has 2 heterocycles. The molecular formula is C30H39N5O6S. The molecule has 42 heavy (non-hydrogen) atoms.